The number of pyridine rings is 1. The molecule has 28 heavy (non-hydrogen) atoms. The van der Waals surface area contributed by atoms with Gasteiger partial charge in [-0.3, -0.25) is 4.79 Å². The third-order valence-electron chi connectivity index (χ3n) is 3.47. The van der Waals surface area contributed by atoms with E-state index in [2.05, 4.69) is 25.7 Å². The Morgan fingerprint density at radius 3 is 2.32 bits per heavy atom. The second-order valence-electron chi connectivity index (χ2n) is 6.00. The van der Waals surface area contributed by atoms with Crippen LogP contribution in [0.4, 0.5) is 29.5 Å². The molecule has 3 N–H and O–H groups in total. The van der Waals surface area contributed by atoms with Crippen LogP contribution in [0, 0.1) is 6.92 Å². The maximum absolute atomic E-state index is 12.2. The minimum Gasteiger partial charge on any atom is -0.406 e. The largest absolute Gasteiger partial charge is 0.573 e. The second-order valence-corrected chi connectivity index (χ2v) is 6.00. The fraction of sp³-hybridized carbons (Fsp3) is 0.278. The van der Waals surface area contributed by atoms with Gasteiger partial charge in [0.2, 0.25) is 5.91 Å². The lowest BCUT2D eigenvalue weighted by Crippen LogP contribution is -2.31. The third kappa shape index (κ3) is 6.78. The molecule has 1 aromatic carbocycles. The summed E-state index contributed by atoms with van der Waals surface area (Å²) in [5.41, 5.74) is 1.68. The SMILES string of the molecule is CC(=O)Nc1cc(C(C)NC(=O)Nc2ccc(OC(F)(F)F)cc2)cc(C)n1. The van der Waals surface area contributed by atoms with Crippen molar-refractivity contribution in [2.24, 2.45) is 0 Å². The summed E-state index contributed by atoms with van der Waals surface area (Å²) in [6.45, 7) is 4.86. The van der Waals surface area contributed by atoms with Crippen molar-refractivity contribution in [1.82, 2.24) is 10.3 Å². The van der Waals surface area contributed by atoms with Crippen LogP contribution >= 0.6 is 0 Å². The number of ether oxygens (including phenoxy) is 1. The lowest BCUT2D eigenvalue weighted by atomic mass is 10.1. The van der Waals surface area contributed by atoms with Gasteiger partial charge in [-0.15, -0.1) is 13.2 Å². The highest BCUT2D eigenvalue weighted by molar-refractivity contribution is 5.90. The van der Waals surface area contributed by atoms with E-state index < -0.39 is 18.4 Å². The van der Waals surface area contributed by atoms with Gasteiger partial charge in [0.15, 0.2) is 0 Å². The Kier molecular flexibility index (Phi) is 6.45. The van der Waals surface area contributed by atoms with Crippen molar-refractivity contribution in [1.29, 1.82) is 0 Å². The fourth-order valence-electron chi connectivity index (χ4n) is 2.38. The highest BCUT2D eigenvalue weighted by Gasteiger charge is 2.30. The molecule has 3 amide bonds. The molecular weight excluding hydrogens is 377 g/mol. The summed E-state index contributed by atoms with van der Waals surface area (Å²) in [4.78, 5) is 27.5. The first-order chi connectivity index (χ1) is 13.0. The summed E-state index contributed by atoms with van der Waals surface area (Å²) in [7, 11) is 0. The number of urea groups is 1. The fourth-order valence-corrected chi connectivity index (χ4v) is 2.38. The van der Waals surface area contributed by atoms with Gasteiger partial charge in [-0.25, -0.2) is 9.78 Å². The number of rotatable bonds is 5. The van der Waals surface area contributed by atoms with Crippen LogP contribution in [0.15, 0.2) is 36.4 Å². The molecule has 2 rings (SSSR count). The molecule has 1 heterocycles. The van der Waals surface area contributed by atoms with Gasteiger partial charge in [0.05, 0.1) is 6.04 Å². The van der Waals surface area contributed by atoms with Crippen molar-refractivity contribution in [3.05, 3.63) is 47.7 Å². The van der Waals surface area contributed by atoms with E-state index >= 15 is 0 Å². The van der Waals surface area contributed by atoms with E-state index in [9.17, 15) is 22.8 Å². The van der Waals surface area contributed by atoms with Crippen LogP contribution in [-0.2, 0) is 4.79 Å². The number of aryl methyl sites for hydroxylation is 1. The van der Waals surface area contributed by atoms with Gasteiger partial charge in [0.1, 0.15) is 11.6 Å². The van der Waals surface area contributed by atoms with Crippen molar-refractivity contribution < 1.29 is 27.5 Å². The minimum atomic E-state index is -4.78. The number of carbonyl (C=O) groups is 2. The van der Waals surface area contributed by atoms with Crippen LogP contribution < -0.4 is 20.7 Å². The first-order valence-electron chi connectivity index (χ1n) is 8.21. The molecule has 0 saturated carbocycles. The predicted octanol–water partition coefficient (Wildman–Crippen LogP) is 4.13. The topological polar surface area (TPSA) is 92.4 Å². The molecule has 0 aliphatic carbocycles. The van der Waals surface area contributed by atoms with Gasteiger partial charge in [-0.05, 0) is 55.8 Å². The van der Waals surface area contributed by atoms with Gasteiger partial charge in [0, 0.05) is 18.3 Å². The quantitative estimate of drug-likeness (QED) is 0.709. The number of amides is 3. The Hall–Kier alpha value is -3.30. The maximum atomic E-state index is 12.2. The molecule has 1 aromatic heterocycles. The lowest BCUT2D eigenvalue weighted by Gasteiger charge is -2.17. The van der Waals surface area contributed by atoms with Gasteiger partial charge in [-0.1, -0.05) is 0 Å². The van der Waals surface area contributed by atoms with Crippen molar-refractivity contribution >= 4 is 23.4 Å². The van der Waals surface area contributed by atoms with Crippen LogP contribution in [0.2, 0.25) is 0 Å². The van der Waals surface area contributed by atoms with Gasteiger partial charge in [-0.2, -0.15) is 0 Å². The molecule has 0 spiro atoms. The molecule has 0 radical (unpaired) electrons. The third-order valence-corrected chi connectivity index (χ3v) is 3.47. The average molecular weight is 396 g/mol. The predicted molar refractivity (Wildman–Crippen MR) is 97.0 cm³/mol. The summed E-state index contributed by atoms with van der Waals surface area (Å²) in [5.74, 6) is -0.276. The smallest absolute Gasteiger partial charge is 0.406 e. The Morgan fingerprint density at radius 2 is 1.75 bits per heavy atom. The molecule has 0 fully saturated rings. The van der Waals surface area contributed by atoms with E-state index in [1.165, 1.54) is 19.1 Å². The molecule has 1 atom stereocenters. The first-order valence-corrected chi connectivity index (χ1v) is 8.21. The number of halogens is 3. The highest BCUT2D eigenvalue weighted by Crippen LogP contribution is 2.24. The van der Waals surface area contributed by atoms with Crippen LogP contribution in [0.1, 0.15) is 31.1 Å². The molecule has 0 aliphatic rings. The van der Waals surface area contributed by atoms with Crippen molar-refractivity contribution in [2.45, 2.75) is 33.2 Å². The molecule has 150 valence electrons. The monoisotopic (exact) mass is 396 g/mol. The van der Waals surface area contributed by atoms with Gasteiger partial charge < -0.3 is 20.7 Å². The number of anilines is 2. The van der Waals surface area contributed by atoms with Gasteiger partial charge in [0.25, 0.3) is 0 Å². The van der Waals surface area contributed by atoms with Crippen molar-refractivity contribution in [3.63, 3.8) is 0 Å². The average Bonchev–Trinajstić information content (AvgIpc) is 2.54. The van der Waals surface area contributed by atoms with E-state index in [1.54, 1.807) is 26.0 Å². The molecule has 2 aromatic rings. The Bertz CT molecular complexity index is 854. The van der Waals surface area contributed by atoms with Crippen LogP contribution in [-0.4, -0.2) is 23.3 Å². The van der Waals surface area contributed by atoms with Crippen LogP contribution in [0.3, 0.4) is 0 Å². The number of aromatic nitrogens is 1. The maximum Gasteiger partial charge on any atom is 0.573 e. The number of nitrogens with zero attached hydrogens (tertiary/aromatic N) is 1. The van der Waals surface area contributed by atoms with E-state index in [1.807, 2.05) is 0 Å². The van der Waals surface area contributed by atoms with E-state index in [-0.39, 0.29) is 11.7 Å². The molecular formula is C18H19F3N4O3. The van der Waals surface area contributed by atoms with Crippen molar-refractivity contribution in [3.8, 4) is 5.75 Å². The summed E-state index contributed by atoms with van der Waals surface area (Å²) in [6, 6.07) is 7.21. The van der Waals surface area contributed by atoms with E-state index in [0.717, 1.165) is 17.7 Å². The van der Waals surface area contributed by atoms with E-state index in [0.29, 0.717) is 17.2 Å². The summed E-state index contributed by atoms with van der Waals surface area (Å²) >= 11 is 0. The number of hydrogen-bond acceptors (Lipinski definition) is 4. The minimum absolute atomic E-state index is 0.264. The molecule has 7 nitrogen and oxygen atoms in total. The normalized spacial score (nSPS) is 12.1. The molecule has 0 saturated heterocycles. The number of benzene rings is 1. The number of hydrogen-bond donors (Lipinski definition) is 3. The number of alkyl halides is 3. The molecule has 1 unspecified atom stereocenters. The zero-order valence-corrected chi connectivity index (χ0v) is 15.3. The first kappa shape index (κ1) is 21.0. The van der Waals surface area contributed by atoms with Crippen molar-refractivity contribution in [2.75, 3.05) is 10.6 Å². The molecule has 0 aliphatic heterocycles. The molecule has 10 heteroatoms. The summed E-state index contributed by atoms with van der Waals surface area (Å²) in [6.07, 6.45) is -4.78. The summed E-state index contributed by atoms with van der Waals surface area (Å²) in [5, 5.41) is 7.81. The Labute approximate surface area is 159 Å². The Morgan fingerprint density at radius 1 is 1.11 bits per heavy atom. The number of nitrogens with one attached hydrogen (secondary N) is 3. The Balaban J connectivity index is 1.99. The van der Waals surface area contributed by atoms with E-state index in [4.69, 9.17) is 0 Å². The zero-order valence-electron chi connectivity index (χ0n) is 15.3. The van der Waals surface area contributed by atoms with Crippen LogP contribution in [0.5, 0.6) is 5.75 Å². The lowest BCUT2D eigenvalue weighted by molar-refractivity contribution is -0.274. The highest BCUT2D eigenvalue weighted by atomic mass is 19.4. The standard InChI is InChI=1S/C18H19F3N4O3/c1-10-8-13(9-16(22-10)24-12(3)26)11(2)23-17(27)25-14-4-6-15(7-5-14)28-18(19,20)21/h4-9,11H,1-3H3,(H,22,24,26)(H2,23,25,27). The molecule has 0 bridgehead atoms. The summed E-state index contributed by atoms with van der Waals surface area (Å²) < 4.78 is 40.2. The zero-order chi connectivity index (χ0) is 20.9. The second kappa shape index (κ2) is 8.59. The number of carbonyl (C=O) groups excluding carboxylic acids is 2. The van der Waals surface area contributed by atoms with Crippen LogP contribution in [0.25, 0.3) is 0 Å². The van der Waals surface area contributed by atoms with Gasteiger partial charge >= 0.3 is 12.4 Å².